The minimum Gasteiger partial charge on any atom is -0.481 e. The van der Waals surface area contributed by atoms with Gasteiger partial charge in [0.15, 0.2) is 0 Å². The van der Waals surface area contributed by atoms with E-state index in [2.05, 4.69) is 6.92 Å². The van der Waals surface area contributed by atoms with Gasteiger partial charge >= 0.3 is 11.9 Å². The number of hydrogen-bond donors (Lipinski definition) is 2. The molecule has 0 aromatic heterocycles. The number of hydrogen-bond acceptors (Lipinski definition) is 3. The molecule has 0 aliphatic heterocycles. The van der Waals surface area contributed by atoms with Crippen LogP contribution >= 0.6 is 0 Å². The maximum atomic E-state index is 12.4. The number of carboxylic acids is 2. The quantitative estimate of drug-likeness (QED) is 0.821. The summed E-state index contributed by atoms with van der Waals surface area (Å²) in [4.78, 5) is 35.2. The second kappa shape index (κ2) is 5.85. The molecule has 6 atom stereocenters. The van der Waals surface area contributed by atoms with Crippen LogP contribution in [0, 0.1) is 34.5 Å². The number of carbonyl (C=O) groups excluding carboxylic acids is 1. The molecule has 3 saturated carbocycles. The van der Waals surface area contributed by atoms with Crippen LogP contribution in [0.5, 0.6) is 0 Å². The highest BCUT2D eigenvalue weighted by Crippen LogP contribution is 2.64. The molecule has 0 radical (unpaired) electrons. The number of carboxylic acid groups (broad SMARTS) is 2. The lowest BCUT2D eigenvalue weighted by atomic mass is 9.46. The van der Waals surface area contributed by atoms with Gasteiger partial charge in [0, 0.05) is 18.3 Å². The third-order valence-electron chi connectivity index (χ3n) is 7.73. The Kier molecular flexibility index (Phi) is 4.25. The molecule has 3 fully saturated rings. The Balaban J connectivity index is 1.92. The van der Waals surface area contributed by atoms with Gasteiger partial charge in [-0.2, -0.15) is 0 Å². The fourth-order valence-electron chi connectivity index (χ4n) is 6.45. The van der Waals surface area contributed by atoms with Crippen molar-refractivity contribution in [2.24, 2.45) is 34.5 Å². The molecule has 0 saturated heterocycles. The summed E-state index contributed by atoms with van der Waals surface area (Å²) in [6.45, 7) is 4.09. The molecule has 2 N–H and O–H groups in total. The van der Waals surface area contributed by atoms with Gasteiger partial charge in [-0.25, -0.2) is 0 Å². The number of ketones is 1. The van der Waals surface area contributed by atoms with E-state index in [9.17, 15) is 24.6 Å². The van der Waals surface area contributed by atoms with Crippen molar-refractivity contribution in [2.75, 3.05) is 0 Å². The standard InChI is InChI=1S/C19H28O5/c1-18-8-7-14-12(13(18)5-6-15(18)20)4-3-11(9-16(21)22)19(14,2)10-17(23)24/h11-14H,3-10H2,1-2H3,(H,21,22)(H,23,24)/t11-,12-,13-,14-,18-,19-/m0/s1. The highest BCUT2D eigenvalue weighted by Gasteiger charge is 2.60. The van der Waals surface area contributed by atoms with E-state index < -0.39 is 17.4 Å². The van der Waals surface area contributed by atoms with Gasteiger partial charge in [-0.3, -0.25) is 14.4 Å². The molecule has 3 aliphatic rings. The smallest absolute Gasteiger partial charge is 0.303 e. The second-order valence-corrected chi connectivity index (χ2v) is 8.74. The topological polar surface area (TPSA) is 91.7 Å². The Morgan fingerprint density at radius 3 is 2.38 bits per heavy atom. The predicted molar refractivity (Wildman–Crippen MR) is 87.4 cm³/mol. The van der Waals surface area contributed by atoms with Gasteiger partial charge < -0.3 is 10.2 Å². The molecule has 0 bridgehead atoms. The maximum Gasteiger partial charge on any atom is 0.303 e. The van der Waals surface area contributed by atoms with Crippen molar-refractivity contribution >= 4 is 17.7 Å². The zero-order chi connectivity index (χ0) is 17.7. The average molecular weight is 336 g/mol. The predicted octanol–water partition coefficient (Wildman–Crippen LogP) is 3.36. The van der Waals surface area contributed by atoms with Gasteiger partial charge in [-0.05, 0) is 61.2 Å². The van der Waals surface area contributed by atoms with Crippen LogP contribution in [0.2, 0.25) is 0 Å². The summed E-state index contributed by atoms with van der Waals surface area (Å²) >= 11 is 0. The number of Topliss-reactive ketones (excluding diaryl/α,β-unsaturated/α-hetero) is 1. The van der Waals surface area contributed by atoms with Gasteiger partial charge in [-0.15, -0.1) is 0 Å². The molecule has 0 spiro atoms. The highest BCUT2D eigenvalue weighted by molar-refractivity contribution is 5.87. The van der Waals surface area contributed by atoms with E-state index in [1.807, 2.05) is 6.92 Å². The summed E-state index contributed by atoms with van der Waals surface area (Å²) in [6.07, 6.45) is 5.03. The first-order valence-electron chi connectivity index (χ1n) is 9.15. The molecule has 0 heterocycles. The van der Waals surface area contributed by atoms with E-state index in [0.29, 0.717) is 24.0 Å². The molecule has 3 aliphatic carbocycles. The summed E-state index contributed by atoms with van der Waals surface area (Å²) in [5.41, 5.74) is -0.717. The first kappa shape index (κ1) is 17.4. The minimum atomic E-state index is -0.843. The molecule has 0 aromatic rings. The number of fused-ring (bicyclic) bond motifs is 3. The molecule has 0 amide bonds. The first-order chi connectivity index (χ1) is 11.2. The summed E-state index contributed by atoms with van der Waals surface area (Å²) < 4.78 is 0. The molecule has 5 heteroatoms. The minimum absolute atomic E-state index is 0.0312. The van der Waals surface area contributed by atoms with Crippen LogP contribution < -0.4 is 0 Å². The fourth-order valence-corrected chi connectivity index (χ4v) is 6.45. The fraction of sp³-hybridized carbons (Fsp3) is 0.842. The molecule has 5 nitrogen and oxygen atoms in total. The number of aliphatic carboxylic acids is 2. The van der Waals surface area contributed by atoms with Crippen LogP contribution in [0.3, 0.4) is 0 Å². The second-order valence-electron chi connectivity index (χ2n) is 8.74. The Labute approximate surface area is 142 Å². The van der Waals surface area contributed by atoms with Crippen LogP contribution in [-0.4, -0.2) is 27.9 Å². The lowest BCUT2D eigenvalue weighted by Gasteiger charge is -2.57. The van der Waals surface area contributed by atoms with Gasteiger partial charge in [-0.1, -0.05) is 13.8 Å². The zero-order valence-corrected chi connectivity index (χ0v) is 14.6. The van der Waals surface area contributed by atoms with Crippen molar-refractivity contribution in [3.8, 4) is 0 Å². The van der Waals surface area contributed by atoms with Crippen LogP contribution in [0.15, 0.2) is 0 Å². The summed E-state index contributed by atoms with van der Waals surface area (Å²) in [6, 6.07) is 0. The Hall–Kier alpha value is -1.39. The highest BCUT2D eigenvalue weighted by atomic mass is 16.4. The molecule has 134 valence electrons. The SMILES string of the molecule is C[C@]1(CC(=O)O)[C@H](CC(=O)O)CC[C@@H]2[C@@H]1CC[C@]1(C)C(=O)CC[C@@H]21. The summed E-state index contributed by atoms with van der Waals surface area (Å²) in [5, 5.41) is 18.7. The third-order valence-corrected chi connectivity index (χ3v) is 7.73. The Morgan fingerprint density at radius 2 is 1.75 bits per heavy atom. The van der Waals surface area contributed by atoms with Crippen molar-refractivity contribution in [2.45, 2.75) is 65.2 Å². The Bertz CT molecular complexity index is 570. The summed E-state index contributed by atoms with van der Waals surface area (Å²) in [5.74, 6) is -0.466. The van der Waals surface area contributed by atoms with Crippen LogP contribution in [0.1, 0.15) is 65.2 Å². The van der Waals surface area contributed by atoms with Crippen molar-refractivity contribution in [1.82, 2.24) is 0 Å². The largest absolute Gasteiger partial charge is 0.481 e. The monoisotopic (exact) mass is 336 g/mol. The average Bonchev–Trinajstić information content (AvgIpc) is 2.77. The van der Waals surface area contributed by atoms with E-state index in [4.69, 9.17) is 0 Å². The zero-order valence-electron chi connectivity index (χ0n) is 14.6. The van der Waals surface area contributed by atoms with Crippen molar-refractivity contribution < 1.29 is 24.6 Å². The van der Waals surface area contributed by atoms with Gasteiger partial charge in [0.25, 0.3) is 0 Å². The van der Waals surface area contributed by atoms with Gasteiger partial charge in [0.1, 0.15) is 5.78 Å². The van der Waals surface area contributed by atoms with Crippen LogP contribution in [0.25, 0.3) is 0 Å². The number of rotatable bonds is 4. The maximum absolute atomic E-state index is 12.4. The van der Waals surface area contributed by atoms with Gasteiger partial charge in [0.05, 0.1) is 6.42 Å². The van der Waals surface area contributed by atoms with E-state index in [1.165, 1.54) is 0 Å². The molecule has 0 aromatic carbocycles. The third kappa shape index (κ3) is 2.56. The summed E-state index contributed by atoms with van der Waals surface area (Å²) in [7, 11) is 0. The van der Waals surface area contributed by atoms with Crippen LogP contribution in [-0.2, 0) is 14.4 Å². The normalized spacial score (nSPS) is 44.7. The Morgan fingerprint density at radius 1 is 1.04 bits per heavy atom. The van der Waals surface area contributed by atoms with E-state index in [1.54, 1.807) is 0 Å². The van der Waals surface area contributed by atoms with Crippen molar-refractivity contribution in [3.63, 3.8) is 0 Å². The van der Waals surface area contributed by atoms with Crippen molar-refractivity contribution in [1.29, 1.82) is 0 Å². The molecule has 24 heavy (non-hydrogen) atoms. The van der Waals surface area contributed by atoms with E-state index in [0.717, 1.165) is 32.1 Å². The van der Waals surface area contributed by atoms with Crippen molar-refractivity contribution in [3.05, 3.63) is 0 Å². The first-order valence-corrected chi connectivity index (χ1v) is 9.15. The molecule has 3 rings (SSSR count). The van der Waals surface area contributed by atoms with Crippen LogP contribution in [0.4, 0.5) is 0 Å². The lowest BCUT2D eigenvalue weighted by Crippen LogP contribution is -2.53. The number of carbonyl (C=O) groups is 3. The van der Waals surface area contributed by atoms with E-state index in [-0.39, 0.29) is 30.1 Å². The molecular formula is C19H28O5. The van der Waals surface area contributed by atoms with E-state index >= 15 is 0 Å². The lowest BCUT2D eigenvalue weighted by molar-refractivity contribution is -0.156. The molecule has 0 unspecified atom stereocenters. The molecular weight excluding hydrogens is 308 g/mol. The van der Waals surface area contributed by atoms with Gasteiger partial charge in [0.2, 0.25) is 0 Å².